The summed E-state index contributed by atoms with van der Waals surface area (Å²) < 4.78 is 0. The molecule has 0 radical (unpaired) electrons. The van der Waals surface area contributed by atoms with Gasteiger partial charge in [-0.05, 0) is 46.4 Å². The molecule has 1 N–H and O–H groups in total. The summed E-state index contributed by atoms with van der Waals surface area (Å²) in [5, 5.41) is 4.63. The average molecular weight is 397 g/mol. The van der Waals surface area contributed by atoms with Crippen LogP contribution in [0.4, 0.5) is 17.1 Å². The lowest BCUT2D eigenvalue weighted by Crippen LogP contribution is -2.19. The summed E-state index contributed by atoms with van der Waals surface area (Å²) in [7, 11) is 0. The van der Waals surface area contributed by atoms with Crippen LogP contribution in [0.1, 0.15) is 26.3 Å². The van der Waals surface area contributed by atoms with Gasteiger partial charge in [0.15, 0.2) is 0 Å². The first-order chi connectivity index (χ1) is 12.8. The molecular weight excluding hydrogens is 375 g/mol. The number of hydrogen-bond donors (Lipinski definition) is 1. The van der Waals surface area contributed by atoms with Crippen molar-refractivity contribution in [1.29, 1.82) is 0 Å². The quantitative estimate of drug-likeness (QED) is 0.482. The monoisotopic (exact) mass is 396 g/mol. The van der Waals surface area contributed by atoms with Gasteiger partial charge in [0.1, 0.15) is 0 Å². The Balaban J connectivity index is 1.82. The molecule has 3 aromatic carbocycles. The van der Waals surface area contributed by atoms with E-state index >= 15 is 0 Å². The third-order valence-corrected chi connectivity index (χ3v) is 5.78. The summed E-state index contributed by atoms with van der Waals surface area (Å²) in [5.41, 5.74) is 6.68. The fourth-order valence-corrected chi connectivity index (χ4v) is 3.81. The van der Waals surface area contributed by atoms with Gasteiger partial charge in [-0.1, -0.05) is 80.4 Å². The minimum atomic E-state index is -0.00908. The minimum absolute atomic E-state index is 0.00908. The van der Waals surface area contributed by atoms with Gasteiger partial charge in [0.05, 0.1) is 33.8 Å². The molecule has 0 aromatic heterocycles. The smallest absolute Gasteiger partial charge is 0.0927 e. The third-order valence-electron chi connectivity index (χ3n) is 4.99. The van der Waals surface area contributed by atoms with E-state index in [1.807, 2.05) is 12.1 Å². The van der Waals surface area contributed by atoms with Gasteiger partial charge in [0.25, 0.3) is 0 Å². The van der Waals surface area contributed by atoms with E-state index in [-0.39, 0.29) is 5.41 Å². The van der Waals surface area contributed by atoms with Gasteiger partial charge in [-0.15, -0.1) is 0 Å². The van der Waals surface area contributed by atoms with Gasteiger partial charge < -0.3 is 10.2 Å². The Bertz CT molecular complexity index is 991. The predicted molar refractivity (Wildman–Crippen MR) is 118 cm³/mol. The van der Waals surface area contributed by atoms with Crippen molar-refractivity contribution in [2.24, 2.45) is 0 Å². The first kappa shape index (κ1) is 18.2. The predicted octanol–water partition coefficient (Wildman–Crippen LogP) is 7.48. The zero-order chi connectivity index (χ0) is 19.2. The second kappa shape index (κ2) is 6.78. The fraction of sp³-hybridized carbons (Fsp3) is 0.217. The van der Waals surface area contributed by atoms with Gasteiger partial charge in [-0.25, -0.2) is 0 Å². The van der Waals surface area contributed by atoms with E-state index in [2.05, 4.69) is 79.5 Å². The van der Waals surface area contributed by atoms with Crippen molar-refractivity contribution in [3.05, 3.63) is 76.3 Å². The molecule has 1 heterocycles. The Labute approximate surface area is 170 Å². The number of benzene rings is 3. The molecule has 0 atom stereocenters. The lowest BCUT2D eigenvalue weighted by molar-refractivity contribution is 0.590. The van der Waals surface area contributed by atoms with Crippen molar-refractivity contribution in [2.75, 3.05) is 16.9 Å². The average Bonchev–Trinajstić information content (AvgIpc) is 3.06. The largest absolute Gasteiger partial charge is 0.366 e. The van der Waals surface area contributed by atoms with Crippen LogP contribution in [-0.4, -0.2) is 6.67 Å². The molecule has 4 rings (SSSR count). The van der Waals surface area contributed by atoms with Crippen LogP contribution in [0.5, 0.6) is 0 Å². The molecule has 1 aliphatic rings. The number of halogens is 2. The van der Waals surface area contributed by atoms with Crippen molar-refractivity contribution in [1.82, 2.24) is 0 Å². The third kappa shape index (κ3) is 3.40. The molecule has 0 amide bonds. The Morgan fingerprint density at radius 2 is 1.59 bits per heavy atom. The SMILES string of the molecule is CC(C)(C)c1cc(Cl)c(Cl)c(N2CNc3ccc(-c4ccccc4)cc32)c1. The van der Waals surface area contributed by atoms with Crippen LogP contribution in [0, 0.1) is 0 Å². The molecule has 4 heteroatoms. The van der Waals surface area contributed by atoms with E-state index < -0.39 is 0 Å². The number of hydrogen-bond acceptors (Lipinski definition) is 2. The van der Waals surface area contributed by atoms with Crippen LogP contribution in [0.2, 0.25) is 10.0 Å². The molecule has 1 aliphatic heterocycles. The van der Waals surface area contributed by atoms with E-state index in [1.54, 1.807) is 0 Å². The number of nitrogens with zero attached hydrogens (tertiary/aromatic N) is 1. The van der Waals surface area contributed by atoms with Crippen molar-refractivity contribution >= 4 is 40.3 Å². The molecule has 0 spiro atoms. The van der Waals surface area contributed by atoms with Crippen LogP contribution < -0.4 is 10.2 Å². The summed E-state index contributed by atoms with van der Waals surface area (Å²) in [5.74, 6) is 0. The summed E-state index contributed by atoms with van der Waals surface area (Å²) in [6.07, 6.45) is 0. The zero-order valence-corrected chi connectivity index (χ0v) is 17.2. The Morgan fingerprint density at radius 3 is 2.30 bits per heavy atom. The van der Waals surface area contributed by atoms with Crippen LogP contribution >= 0.6 is 23.2 Å². The molecule has 0 fully saturated rings. The van der Waals surface area contributed by atoms with Gasteiger partial charge >= 0.3 is 0 Å². The lowest BCUT2D eigenvalue weighted by atomic mass is 9.87. The minimum Gasteiger partial charge on any atom is -0.366 e. The van der Waals surface area contributed by atoms with E-state index in [0.717, 1.165) is 17.1 Å². The fourth-order valence-electron chi connectivity index (χ4n) is 3.38. The zero-order valence-electron chi connectivity index (χ0n) is 15.7. The lowest BCUT2D eigenvalue weighted by Gasteiger charge is -2.26. The first-order valence-electron chi connectivity index (χ1n) is 9.05. The van der Waals surface area contributed by atoms with Crippen molar-refractivity contribution in [3.8, 4) is 11.1 Å². The normalized spacial score (nSPS) is 13.4. The molecule has 0 bridgehead atoms. The molecule has 0 aliphatic carbocycles. The first-order valence-corrected chi connectivity index (χ1v) is 9.80. The second-order valence-corrected chi connectivity index (χ2v) is 8.69. The topological polar surface area (TPSA) is 15.3 Å². The standard InChI is InChI=1S/C23H22Cl2N2/c1-23(2,3)17-12-18(24)22(25)21(13-17)27-14-26-19-10-9-16(11-20(19)27)15-7-5-4-6-8-15/h4-13,26H,14H2,1-3H3. The number of nitrogens with one attached hydrogen (secondary N) is 1. The van der Waals surface area contributed by atoms with Gasteiger partial charge in [-0.2, -0.15) is 0 Å². The molecule has 0 unspecified atom stereocenters. The maximum absolute atomic E-state index is 6.62. The molecule has 27 heavy (non-hydrogen) atoms. The van der Waals surface area contributed by atoms with Crippen LogP contribution in [-0.2, 0) is 5.41 Å². The highest BCUT2D eigenvalue weighted by Crippen LogP contribution is 2.45. The second-order valence-electron chi connectivity index (χ2n) is 7.90. The van der Waals surface area contributed by atoms with E-state index in [9.17, 15) is 0 Å². The van der Waals surface area contributed by atoms with Gasteiger partial charge in [0, 0.05) is 0 Å². The van der Waals surface area contributed by atoms with E-state index in [0.29, 0.717) is 16.7 Å². The van der Waals surface area contributed by atoms with Gasteiger partial charge in [-0.3, -0.25) is 0 Å². The molecule has 3 aromatic rings. The Hall–Kier alpha value is -2.16. The number of fused-ring (bicyclic) bond motifs is 1. The summed E-state index contributed by atoms with van der Waals surface area (Å²) >= 11 is 13.1. The molecule has 138 valence electrons. The summed E-state index contributed by atoms with van der Waals surface area (Å²) in [6, 6.07) is 21.0. The maximum atomic E-state index is 6.62. The molecule has 0 saturated heterocycles. The maximum Gasteiger partial charge on any atom is 0.0927 e. The van der Waals surface area contributed by atoms with Crippen molar-refractivity contribution in [2.45, 2.75) is 26.2 Å². The molecular formula is C23H22Cl2N2. The van der Waals surface area contributed by atoms with Crippen LogP contribution in [0.25, 0.3) is 11.1 Å². The van der Waals surface area contributed by atoms with E-state index in [1.165, 1.54) is 16.7 Å². The molecule has 2 nitrogen and oxygen atoms in total. The van der Waals surface area contributed by atoms with E-state index in [4.69, 9.17) is 23.2 Å². The van der Waals surface area contributed by atoms with Crippen LogP contribution in [0.3, 0.4) is 0 Å². The highest BCUT2D eigenvalue weighted by atomic mass is 35.5. The highest BCUT2D eigenvalue weighted by molar-refractivity contribution is 6.44. The highest BCUT2D eigenvalue weighted by Gasteiger charge is 2.26. The Kier molecular flexibility index (Phi) is 4.57. The summed E-state index contributed by atoms with van der Waals surface area (Å²) in [6.45, 7) is 7.21. The van der Waals surface area contributed by atoms with Crippen molar-refractivity contribution < 1.29 is 0 Å². The molecule has 0 saturated carbocycles. The van der Waals surface area contributed by atoms with Crippen molar-refractivity contribution in [3.63, 3.8) is 0 Å². The Morgan fingerprint density at radius 1 is 0.852 bits per heavy atom. The summed E-state index contributed by atoms with van der Waals surface area (Å²) in [4.78, 5) is 2.20. The van der Waals surface area contributed by atoms with Crippen LogP contribution in [0.15, 0.2) is 60.7 Å². The van der Waals surface area contributed by atoms with Gasteiger partial charge in [0.2, 0.25) is 0 Å². The number of anilines is 3. The number of rotatable bonds is 2.